The van der Waals surface area contributed by atoms with Gasteiger partial charge in [0, 0.05) is 30.1 Å². The van der Waals surface area contributed by atoms with Crippen molar-refractivity contribution in [2.45, 2.75) is 52.4 Å². The van der Waals surface area contributed by atoms with E-state index in [1.165, 1.54) is 22.5 Å². The van der Waals surface area contributed by atoms with Gasteiger partial charge in [0.1, 0.15) is 10.6 Å². The van der Waals surface area contributed by atoms with E-state index < -0.39 is 12.0 Å². The molecular formula is C22H25F3N4S. The number of aryl methyl sites for hydroxylation is 2. The number of benzene rings is 1. The fraction of sp³-hybridized carbons (Fsp3) is 0.455. The van der Waals surface area contributed by atoms with E-state index in [-0.39, 0.29) is 11.4 Å². The van der Waals surface area contributed by atoms with Crippen LogP contribution in [-0.4, -0.2) is 33.5 Å². The average molecular weight is 435 g/mol. The van der Waals surface area contributed by atoms with Crippen LogP contribution in [0, 0.1) is 13.8 Å². The summed E-state index contributed by atoms with van der Waals surface area (Å²) in [6.45, 7) is 10.2. The molecule has 4 rings (SSSR count). The third-order valence-electron chi connectivity index (χ3n) is 5.96. The van der Waals surface area contributed by atoms with Crippen molar-refractivity contribution < 1.29 is 13.2 Å². The summed E-state index contributed by atoms with van der Waals surface area (Å²) in [4.78, 5) is 11.4. The van der Waals surface area contributed by atoms with Crippen LogP contribution < -0.4 is 5.32 Å². The lowest BCUT2D eigenvalue weighted by atomic mass is 9.94. The summed E-state index contributed by atoms with van der Waals surface area (Å²) in [5.74, 6) is -0.830. The maximum absolute atomic E-state index is 13.4. The minimum atomic E-state index is -4.58. The van der Waals surface area contributed by atoms with Gasteiger partial charge in [-0.15, -0.1) is 11.3 Å². The Balaban J connectivity index is 1.61. The highest BCUT2D eigenvalue weighted by Gasteiger charge is 2.36. The second-order valence-corrected chi connectivity index (χ2v) is 9.67. The number of hydrogen-bond donors (Lipinski definition) is 1. The van der Waals surface area contributed by atoms with E-state index in [0.717, 1.165) is 30.0 Å². The molecule has 0 spiro atoms. The van der Waals surface area contributed by atoms with Gasteiger partial charge in [-0.1, -0.05) is 24.3 Å². The Hall–Kier alpha value is -2.19. The summed E-state index contributed by atoms with van der Waals surface area (Å²) in [7, 11) is 0. The van der Waals surface area contributed by atoms with Gasteiger partial charge in [-0.25, -0.2) is 9.97 Å². The van der Waals surface area contributed by atoms with Crippen LogP contribution in [0.25, 0.3) is 10.2 Å². The van der Waals surface area contributed by atoms with E-state index in [4.69, 9.17) is 0 Å². The summed E-state index contributed by atoms with van der Waals surface area (Å²) in [5, 5.41) is 3.92. The van der Waals surface area contributed by atoms with Gasteiger partial charge in [0.15, 0.2) is 0 Å². The molecule has 3 aromatic rings. The van der Waals surface area contributed by atoms with E-state index in [2.05, 4.69) is 52.2 Å². The van der Waals surface area contributed by atoms with Gasteiger partial charge in [0.05, 0.1) is 5.39 Å². The Bertz CT molecular complexity index is 1090. The minimum Gasteiger partial charge on any atom is -0.368 e. The van der Waals surface area contributed by atoms with E-state index in [1.54, 1.807) is 0 Å². The van der Waals surface area contributed by atoms with E-state index in [0.29, 0.717) is 16.8 Å². The van der Waals surface area contributed by atoms with Crippen LogP contribution >= 0.6 is 11.3 Å². The summed E-state index contributed by atoms with van der Waals surface area (Å²) < 4.78 is 40.1. The summed E-state index contributed by atoms with van der Waals surface area (Å²) >= 11 is 1.28. The van der Waals surface area contributed by atoms with E-state index in [1.807, 2.05) is 19.9 Å². The molecule has 0 fully saturated rings. The molecule has 0 atom stereocenters. The standard InChI is InChI=1S/C22H25F3N4S/c1-13-14(2)30-19-17(13)18(27-20(28-19)22(23,24)25)26-12-21(3,4)29-10-9-15-7-5-6-8-16(15)11-29/h5-8H,9-12H2,1-4H3,(H,26,27,28). The molecule has 160 valence electrons. The SMILES string of the molecule is Cc1sc2nc(C(F)(F)F)nc(NCC(C)(C)N3CCc4ccccc4C3)c2c1C. The third-order valence-corrected chi connectivity index (χ3v) is 7.06. The van der Waals surface area contributed by atoms with Crippen molar-refractivity contribution in [2.24, 2.45) is 0 Å². The van der Waals surface area contributed by atoms with Crippen LogP contribution in [0.15, 0.2) is 24.3 Å². The number of aromatic nitrogens is 2. The molecule has 0 unspecified atom stereocenters. The molecule has 1 aromatic carbocycles. The first kappa shape index (κ1) is 21.1. The number of alkyl halides is 3. The molecule has 1 aliphatic rings. The highest BCUT2D eigenvalue weighted by Crippen LogP contribution is 2.37. The van der Waals surface area contributed by atoms with Gasteiger partial charge in [0.2, 0.25) is 5.82 Å². The van der Waals surface area contributed by atoms with Crippen LogP contribution in [0.3, 0.4) is 0 Å². The van der Waals surface area contributed by atoms with Crippen molar-refractivity contribution >= 4 is 27.4 Å². The van der Waals surface area contributed by atoms with Crippen molar-refractivity contribution in [1.82, 2.24) is 14.9 Å². The van der Waals surface area contributed by atoms with Crippen molar-refractivity contribution in [1.29, 1.82) is 0 Å². The second-order valence-electron chi connectivity index (χ2n) is 8.46. The lowest BCUT2D eigenvalue weighted by Crippen LogP contribution is -2.50. The van der Waals surface area contributed by atoms with Crippen LogP contribution in [0.4, 0.5) is 19.0 Å². The topological polar surface area (TPSA) is 41.1 Å². The number of rotatable bonds is 4. The summed E-state index contributed by atoms with van der Waals surface area (Å²) in [5.41, 5.74) is 3.34. The van der Waals surface area contributed by atoms with Crippen molar-refractivity contribution in [3.63, 3.8) is 0 Å². The van der Waals surface area contributed by atoms with Gasteiger partial charge in [0.25, 0.3) is 0 Å². The number of hydrogen-bond acceptors (Lipinski definition) is 5. The van der Waals surface area contributed by atoms with E-state index in [9.17, 15) is 13.2 Å². The first-order valence-electron chi connectivity index (χ1n) is 9.97. The fourth-order valence-electron chi connectivity index (χ4n) is 3.93. The largest absolute Gasteiger partial charge is 0.451 e. The number of halogens is 3. The molecule has 0 bridgehead atoms. The lowest BCUT2D eigenvalue weighted by Gasteiger charge is -2.41. The van der Waals surface area contributed by atoms with Gasteiger partial charge in [-0.05, 0) is 50.8 Å². The molecular weight excluding hydrogens is 409 g/mol. The maximum atomic E-state index is 13.4. The number of anilines is 1. The molecule has 3 heterocycles. The predicted molar refractivity (Wildman–Crippen MR) is 115 cm³/mol. The Morgan fingerprint density at radius 3 is 2.50 bits per heavy atom. The van der Waals surface area contributed by atoms with Crippen molar-refractivity contribution in [2.75, 3.05) is 18.4 Å². The Morgan fingerprint density at radius 2 is 1.80 bits per heavy atom. The molecule has 0 aliphatic carbocycles. The van der Waals surface area contributed by atoms with Gasteiger partial charge in [-0.3, -0.25) is 4.90 Å². The third kappa shape index (κ3) is 3.90. The highest BCUT2D eigenvalue weighted by atomic mass is 32.1. The zero-order chi connectivity index (χ0) is 21.7. The number of nitrogens with one attached hydrogen (secondary N) is 1. The zero-order valence-corrected chi connectivity index (χ0v) is 18.3. The number of nitrogens with zero attached hydrogens (tertiary/aromatic N) is 3. The molecule has 0 radical (unpaired) electrons. The predicted octanol–water partition coefficient (Wildman–Crippen LogP) is 5.58. The molecule has 30 heavy (non-hydrogen) atoms. The van der Waals surface area contributed by atoms with Crippen molar-refractivity contribution in [3.8, 4) is 0 Å². The molecule has 0 saturated heterocycles. The smallest absolute Gasteiger partial charge is 0.368 e. The summed E-state index contributed by atoms with van der Waals surface area (Å²) in [6.07, 6.45) is -3.61. The second kappa shape index (κ2) is 7.50. The maximum Gasteiger partial charge on any atom is 0.451 e. The van der Waals surface area contributed by atoms with Crippen LogP contribution in [-0.2, 0) is 19.1 Å². The fourth-order valence-corrected chi connectivity index (χ4v) is 4.96. The average Bonchev–Trinajstić information content (AvgIpc) is 2.99. The molecule has 4 nitrogen and oxygen atoms in total. The summed E-state index contributed by atoms with van der Waals surface area (Å²) in [6, 6.07) is 8.42. The van der Waals surface area contributed by atoms with Crippen LogP contribution in [0.2, 0.25) is 0 Å². The van der Waals surface area contributed by atoms with E-state index >= 15 is 0 Å². The van der Waals surface area contributed by atoms with Crippen LogP contribution in [0.1, 0.15) is 41.2 Å². The monoisotopic (exact) mass is 434 g/mol. The van der Waals surface area contributed by atoms with Gasteiger partial charge >= 0.3 is 6.18 Å². The Morgan fingerprint density at radius 1 is 1.10 bits per heavy atom. The Labute approximate surface area is 178 Å². The van der Waals surface area contributed by atoms with Crippen molar-refractivity contribution in [3.05, 3.63) is 51.7 Å². The molecule has 8 heteroatoms. The first-order chi connectivity index (χ1) is 14.1. The number of thiophene rings is 1. The lowest BCUT2D eigenvalue weighted by molar-refractivity contribution is -0.144. The minimum absolute atomic E-state index is 0.262. The number of fused-ring (bicyclic) bond motifs is 2. The van der Waals surface area contributed by atoms with Crippen LogP contribution in [0.5, 0.6) is 0 Å². The molecule has 1 aliphatic heterocycles. The van der Waals surface area contributed by atoms with Gasteiger partial charge in [-0.2, -0.15) is 13.2 Å². The molecule has 0 amide bonds. The highest BCUT2D eigenvalue weighted by molar-refractivity contribution is 7.18. The van der Waals surface area contributed by atoms with Gasteiger partial charge < -0.3 is 5.32 Å². The molecule has 0 saturated carbocycles. The normalized spacial score (nSPS) is 15.4. The quantitative estimate of drug-likeness (QED) is 0.582. The Kier molecular flexibility index (Phi) is 5.26. The zero-order valence-electron chi connectivity index (χ0n) is 17.5. The molecule has 2 aromatic heterocycles. The molecule has 1 N–H and O–H groups in total. The first-order valence-corrected chi connectivity index (χ1v) is 10.8.